The number of hydrogen-bond donors (Lipinski definition) is 0. The highest BCUT2D eigenvalue weighted by Crippen LogP contribution is 2.34. The minimum absolute atomic E-state index is 0.160. The SMILES string of the molecule is O=C1OOC(=O)C1C1CCCC1. The van der Waals surface area contributed by atoms with E-state index in [1.54, 1.807) is 0 Å². The van der Waals surface area contributed by atoms with Gasteiger partial charge in [-0.1, -0.05) is 12.8 Å². The van der Waals surface area contributed by atoms with Crippen LogP contribution in [0, 0.1) is 11.8 Å². The van der Waals surface area contributed by atoms with E-state index in [0.717, 1.165) is 25.7 Å². The predicted molar refractivity (Wildman–Crippen MR) is 37.6 cm³/mol. The minimum Gasteiger partial charge on any atom is -0.246 e. The Labute approximate surface area is 69.8 Å². The van der Waals surface area contributed by atoms with Crippen LogP contribution in [0.2, 0.25) is 0 Å². The molecule has 0 unspecified atom stereocenters. The van der Waals surface area contributed by atoms with Crippen molar-refractivity contribution in [2.45, 2.75) is 25.7 Å². The second-order valence-electron chi connectivity index (χ2n) is 3.33. The van der Waals surface area contributed by atoms with Crippen molar-refractivity contribution in [1.82, 2.24) is 0 Å². The lowest BCUT2D eigenvalue weighted by molar-refractivity contribution is -0.235. The van der Waals surface area contributed by atoms with E-state index in [0.29, 0.717) is 0 Å². The van der Waals surface area contributed by atoms with Gasteiger partial charge in [0.15, 0.2) is 5.92 Å². The highest BCUT2D eigenvalue weighted by atomic mass is 17.2. The summed E-state index contributed by atoms with van der Waals surface area (Å²) in [6, 6.07) is 0. The lowest BCUT2D eigenvalue weighted by Gasteiger charge is -2.07. The van der Waals surface area contributed by atoms with Gasteiger partial charge in [0.1, 0.15) is 0 Å². The van der Waals surface area contributed by atoms with Crippen LogP contribution in [0.15, 0.2) is 0 Å². The fraction of sp³-hybridized carbons (Fsp3) is 0.750. The van der Waals surface area contributed by atoms with Gasteiger partial charge in [-0.05, 0) is 18.8 Å². The molecule has 1 aliphatic carbocycles. The maximum atomic E-state index is 11.0. The molecule has 0 spiro atoms. The largest absolute Gasteiger partial charge is 0.370 e. The average molecular weight is 170 g/mol. The molecule has 4 nitrogen and oxygen atoms in total. The van der Waals surface area contributed by atoms with Gasteiger partial charge in [0, 0.05) is 0 Å². The molecule has 1 saturated carbocycles. The van der Waals surface area contributed by atoms with Crippen molar-refractivity contribution in [3.05, 3.63) is 0 Å². The van der Waals surface area contributed by atoms with Crippen LogP contribution < -0.4 is 0 Å². The molecule has 0 N–H and O–H groups in total. The normalized spacial score (nSPS) is 26.0. The molecule has 12 heavy (non-hydrogen) atoms. The van der Waals surface area contributed by atoms with Crippen molar-refractivity contribution in [2.24, 2.45) is 11.8 Å². The van der Waals surface area contributed by atoms with Gasteiger partial charge < -0.3 is 0 Å². The summed E-state index contributed by atoms with van der Waals surface area (Å²) in [6.07, 6.45) is 4.08. The Bertz CT molecular complexity index is 201. The molecular weight excluding hydrogens is 160 g/mol. The summed E-state index contributed by atoms with van der Waals surface area (Å²) in [5.41, 5.74) is 0. The van der Waals surface area contributed by atoms with E-state index in [1.807, 2.05) is 0 Å². The molecule has 1 aliphatic heterocycles. The summed E-state index contributed by atoms with van der Waals surface area (Å²) in [4.78, 5) is 30.4. The molecule has 0 aromatic carbocycles. The summed E-state index contributed by atoms with van der Waals surface area (Å²) in [6.45, 7) is 0. The summed E-state index contributed by atoms with van der Waals surface area (Å²) in [5.74, 6) is -1.49. The third kappa shape index (κ3) is 1.07. The van der Waals surface area contributed by atoms with E-state index in [-0.39, 0.29) is 5.92 Å². The quantitative estimate of drug-likeness (QED) is 0.431. The van der Waals surface area contributed by atoms with Crippen LogP contribution in [0.25, 0.3) is 0 Å². The molecule has 2 fully saturated rings. The third-order valence-corrected chi connectivity index (χ3v) is 2.59. The lowest BCUT2D eigenvalue weighted by atomic mass is 9.91. The first kappa shape index (κ1) is 7.58. The first-order valence-electron chi connectivity index (χ1n) is 4.21. The standard InChI is InChI=1S/C8H10O4/c9-7-6(8(10)12-11-7)5-3-1-2-4-5/h5-6H,1-4H2. The monoisotopic (exact) mass is 170 g/mol. The molecule has 1 heterocycles. The summed E-state index contributed by atoms with van der Waals surface area (Å²) < 4.78 is 0. The van der Waals surface area contributed by atoms with Crippen molar-refractivity contribution in [2.75, 3.05) is 0 Å². The molecule has 1 saturated heterocycles. The van der Waals surface area contributed by atoms with Crippen LogP contribution >= 0.6 is 0 Å². The van der Waals surface area contributed by atoms with Gasteiger partial charge in [-0.25, -0.2) is 19.4 Å². The molecule has 0 aromatic rings. The second kappa shape index (κ2) is 2.77. The molecule has 0 bridgehead atoms. The molecule has 0 atom stereocenters. The topological polar surface area (TPSA) is 52.6 Å². The third-order valence-electron chi connectivity index (χ3n) is 2.59. The highest BCUT2D eigenvalue weighted by molar-refractivity contribution is 5.98. The summed E-state index contributed by atoms with van der Waals surface area (Å²) >= 11 is 0. The second-order valence-corrected chi connectivity index (χ2v) is 3.33. The predicted octanol–water partition coefficient (Wildman–Crippen LogP) is 0.808. The first-order valence-corrected chi connectivity index (χ1v) is 4.21. The zero-order valence-corrected chi connectivity index (χ0v) is 6.62. The van der Waals surface area contributed by atoms with Crippen LogP contribution in [0.5, 0.6) is 0 Å². The van der Waals surface area contributed by atoms with E-state index >= 15 is 0 Å². The van der Waals surface area contributed by atoms with E-state index in [1.165, 1.54) is 0 Å². The van der Waals surface area contributed by atoms with Crippen molar-refractivity contribution in [1.29, 1.82) is 0 Å². The summed E-state index contributed by atoms with van der Waals surface area (Å²) in [5, 5.41) is 0. The highest BCUT2D eigenvalue weighted by Gasteiger charge is 2.45. The molecule has 2 rings (SSSR count). The number of rotatable bonds is 1. The van der Waals surface area contributed by atoms with E-state index < -0.39 is 17.9 Å². The Morgan fingerprint density at radius 3 is 2.00 bits per heavy atom. The zero-order chi connectivity index (χ0) is 8.55. The molecular formula is C8H10O4. The Morgan fingerprint density at radius 2 is 1.50 bits per heavy atom. The summed E-state index contributed by atoms with van der Waals surface area (Å²) in [7, 11) is 0. The van der Waals surface area contributed by atoms with Gasteiger partial charge in [-0.3, -0.25) is 0 Å². The van der Waals surface area contributed by atoms with Gasteiger partial charge in [0.2, 0.25) is 0 Å². The fourth-order valence-electron chi connectivity index (χ4n) is 1.96. The van der Waals surface area contributed by atoms with Gasteiger partial charge in [0.25, 0.3) is 0 Å². The van der Waals surface area contributed by atoms with Crippen LogP contribution in [-0.4, -0.2) is 11.9 Å². The van der Waals surface area contributed by atoms with Crippen LogP contribution in [0.1, 0.15) is 25.7 Å². The maximum absolute atomic E-state index is 11.0. The molecule has 0 radical (unpaired) electrons. The van der Waals surface area contributed by atoms with E-state index in [9.17, 15) is 9.59 Å². The van der Waals surface area contributed by atoms with Crippen molar-refractivity contribution >= 4 is 11.9 Å². The molecule has 0 aromatic heterocycles. The van der Waals surface area contributed by atoms with Crippen molar-refractivity contribution in [3.8, 4) is 0 Å². The molecule has 2 aliphatic rings. The minimum atomic E-state index is -0.632. The van der Waals surface area contributed by atoms with Crippen molar-refractivity contribution in [3.63, 3.8) is 0 Å². The van der Waals surface area contributed by atoms with Gasteiger partial charge in [0.05, 0.1) is 0 Å². The fourth-order valence-corrected chi connectivity index (χ4v) is 1.96. The number of carbonyl (C=O) groups excluding carboxylic acids is 2. The molecule has 0 amide bonds. The van der Waals surface area contributed by atoms with E-state index in [2.05, 4.69) is 9.78 Å². The van der Waals surface area contributed by atoms with Gasteiger partial charge in [-0.15, -0.1) is 0 Å². The van der Waals surface area contributed by atoms with Gasteiger partial charge in [-0.2, -0.15) is 0 Å². The lowest BCUT2D eigenvalue weighted by Crippen LogP contribution is -2.23. The number of hydrogen-bond acceptors (Lipinski definition) is 4. The van der Waals surface area contributed by atoms with Crippen molar-refractivity contribution < 1.29 is 19.4 Å². The average Bonchev–Trinajstić information content (AvgIpc) is 2.61. The van der Waals surface area contributed by atoms with Crippen LogP contribution in [0.3, 0.4) is 0 Å². The smallest absolute Gasteiger partial charge is 0.246 e. The van der Waals surface area contributed by atoms with Gasteiger partial charge >= 0.3 is 11.9 Å². The van der Waals surface area contributed by atoms with E-state index in [4.69, 9.17) is 0 Å². The Balaban J connectivity index is 2.09. The maximum Gasteiger partial charge on any atom is 0.370 e. The van der Waals surface area contributed by atoms with Crippen LogP contribution in [-0.2, 0) is 19.4 Å². The molecule has 66 valence electrons. The molecule has 4 heteroatoms. The Kier molecular flexibility index (Phi) is 1.75. The number of carbonyl (C=O) groups is 2. The Morgan fingerprint density at radius 1 is 1.00 bits per heavy atom. The Hall–Kier alpha value is -1.06. The van der Waals surface area contributed by atoms with Crippen LogP contribution in [0.4, 0.5) is 0 Å². The first-order chi connectivity index (χ1) is 5.79. The zero-order valence-electron chi connectivity index (χ0n) is 6.62.